The van der Waals surface area contributed by atoms with Crippen molar-refractivity contribution in [1.29, 1.82) is 0 Å². The van der Waals surface area contributed by atoms with Crippen LogP contribution in [-0.2, 0) is 11.3 Å². The van der Waals surface area contributed by atoms with Crippen molar-refractivity contribution in [3.63, 3.8) is 0 Å². The predicted octanol–water partition coefficient (Wildman–Crippen LogP) is 0.769. The second kappa shape index (κ2) is 6.71. The summed E-state index contributed by atoms with van der Waals surface area (Å²) in [6.45, 7) is 2.14. The van der Waals surface area contributed by atoms with Crippen molar-refractivity contribution in [3.8, 4) is 11.8 Å². The van der Waals surface area contributed by atoms with Gasteiger partial charge in [-0.15, -0.1) is 11.3 Å². The molecule has 1 atom stereocenters. The molecule has 19 heavy (non-hydrogen) atoms. The Hall–Kier alpha value is -1.35. The van der Waals surface area contributed by atoms with E-state index in [0.717, 1.165) is 31.5 Å². The van der Waals surface area contributed by atoms with Crippen molar-refractivity contribution in [1.82, 2.24) is 10.2 Å². The highest BCUT2D eigenvalue weighted by atomic mass is 32.1. The van der Waals surface area contributed by atoms with Crippen LogP contribution in [0.25, 0.3) is 0 Å². The van der Waals surface area contributed by atoms with Gasteiger partial charge in [0.1, 0.15) is 0 Å². The molecule has 4 nitrogen and oxygen atoms in total. The summed E-state index contributed by atoms with van der Waals surface area (Å²) in [7, 11) is 1.70. The predicted molar refractivity (Wildman–Crippen MR) is 77.8 cm³/mol. The molecule has 2 heterocycles. The standard InChI is InChI=1S/C14H19N3OS/c1-16-14(18)12-5-3-8-17(12)10-13-11(4-2-7-15)6-9-19-13/h6,9,12H,3,5,7-8,10,15H2,1H3,(H,16,18). The number of nitrogens with zero attached hydrogens (tertiary/aromatic N) is 1. The molecule has 1 fully saturated rings. The Balaban J connectivity index is 2.08. The molecule has 0 aromatic carbocycles. The van der Waals surface area contributed by atoms with Crippen LogP contribution in [0.5, 0.6) is 0 Å². The van der Waals surface area contributed by atoms with Gasteiger partial charge in [-0.2, -0.15) is 0 Å². The number of carbonyl (C=O) groups excluding carboxylic acids is 1. The number of nitrogens with two attached hydrogens (primary N) is 1. The molecule has 1 aromatic heterocycles. The molecule has 1 aliphatic rings. The van der Waals surface area contributed by atoms with E-state index in [9.17, 15) is 4.79 Å². The van der Waals surface area contributed by atoms with Crippen LogP contribution in [0.15, 0.2) is 11.4 Å². The molecule has 1 aromatic rings. The second-order valence-electron chi connectivity index (χ2n) is 4.51. The first kappa shape index (κ1) is 14.1. The highest BCUT2D eigenvalue weighted by Crippen LogP contribution is 2.24. The zero-order valence-electron chi connectivity index (χ0n) is 11.1. The van der Waals surface area contributed by atoms with Crippen molar-refractivity contribution < 1.29 is 4.79 Å². The molecule has 0 bridgehead atoms. The van der Waals surface area contributed by atoms with Crippen molar-refractivity contribution in [3.05, 3.63) is 21.9 Å². The Morgan fingerprint density at radius 2 is 2.53 bits per heavy atom. The minimum absolute atomic E-state index is 0.00224. The number of nitrogens with one attached hydrogen (secondary N) is 1. The van der Waals surface area contributed by atoms with E-state index < -0.39 is 0 Å². The molecule has 102 valence electrons. The zero-order valence-corrected chi connectivity index (χ0v) is 11.9. The molecule has 3 N–H and O–H groups in total. The van der Waals surface area contributed by atoms with Gasteiger partial charge >= 0.3 is 0 Å². The van der Waals surface area contributed by atoms with Crippen LogP contribution >= 0.6 is 11.3 Å². The summed E-state index contributed by atoms with van der Waals surface area (Å²) < 4.78 is 0. The van der Waals surface area contributed by atoms with Crippen LogP contribution in [0.1, 0.15) is 23.3 Å². The summed E-state index contributed by atoms with van der Waals surface area (Å²) in [5.74, 6) is 6.10. The molecule has 0 spiro atoms. The summed E-state index contributed by atoms with van der Waals surface area (Å²) in [5.41, 5.74) is 6.44. The molecule has 0 radical (unpaired) electrons. The fraction of sp³-hybridized carbons (Fsp3) is 0.500. The maximum absolute atomic E-state index is 11.8. The third-order valence-electron chi connectivity index (χ3n) is 3.33. The highest BCUT2D eigenvalue weighted by molar-refractivity contribution is 7.10. The molecular formula is C14H19N3OS. The zero-order chi connectivity index (χ0) is 13.7. The lowest BCUT2D eigenvalue weighted by Gasteiger charge is -2.22. The van der Waals surface area contributed by atoms with Crippen molar-refractivity contribution in [2.45, 2.75) is 25.4 Å². The van der Waals surface area contributed by atoms with Crippen molar-refractivity contribution in [2.24, 2.45) is 5.73 Å². The van der Waals surface area contributed by atoms with Gasteiger partial charge in [0.2, 0.25) is 5.91 Å². The first-order valence-electron chi connectivity index (χ1n) is 6.47. The van der Waals surface area contributed by atoms with Gasteiger partial charge in [0.05, 0.1) is 12.6 Å². The number of amides is 1. The van der Waals surface area contributed by atoms with E-state index in [1.165, 1.54) is 4.88 Å². The van der Waals surface area contributed by atoms with Gasteiger partial charge in [-0.25, -0.2) is 0 Å². The third kappa shape index (κ3) is 3.35. The Bertz CT molecular complexity index is 500. The smallest absolute Gasteiger partial charge is 0.237 e. The lowest BCUT2D eigenvalue weighted by Crippen LogP contribution is -2.41. The molecule has 1 aliphatic heterocycles. The Labute approximate surface area is 118 Å². The molecular weight excluding hydrogens is 258 g/mol. The van der Waals surface area contributed by atoms with E-state index in [0.29, 0.717) is 6.54 Å². The van der Waals surface area contributed by atoms with Gasteiger partial charge in [0.25, 0.3) is 0 Å². The first-order valence-corrected chi connectivity index (χ1v) is 7.35. The van der Waals surface area contributed by atoms with Gasteiger partial charge in [0.15, 0.2) is 0 Å². The maximum Gasteiger partial charge on any atom is 0.237 e. The summed E-state index contributed by atoms with van der Waals surface area (Å²) in [6, 6.07) is 2.02. The van der Waals surface area contributed by atoms with E-state index in [4.69, 9.17) is 5.73 Å². The molecule has 1 saturated heterocycles. The van der Waals surface area contributed by atoms with Crippen LogP contribution in [0.3, 0.4) is 0 Å². The summed E-state index contributed by atoms with van der Waals surface area (Å²) in [5, 5.41) is 4.79. The number of hydrogen-bond acceptors (Lipinski definition) is 4. The Morgan fingerprint density at radius 3 is 3.26 bits per heavy atom. The monoisotopic (exact) mass is 277 g/mol. The number of rotatable bonds is 3. The number of likely N-dealkylation sites (tertiary alicyclic amines) is 1. The van der Waals surface area contributed by atoms with Gasteiger partial charge in [-0.3, -0.25) is 9.69 Å². The van der Waals surface area contributed by atoms with Crippen LogP contribution in [0, 0.1) is 11.8 Å². The van der Waals surface area contributed by atoms with Crippen LogP contribution in [0.4, 0.5) is 0 Å². The highest BCUT2D eigenvalue weighted by Gasteiger charge is 2.30. The van der Waals surface area contributed by atoms with Gasteiger partial charge < -0.3 is 11.1 Å². The lowest BCUT2D eigenvalue weighted by molar-refractivity contribution is -0.125. The maximum atomic E-state index is 11.8. The van der Waals surface area contributed by atoms with E-state index in [1.54, 1.807) is 18.4 Å². The number of carbonyl (C=O) groups is 1. The number of thiophene rings is 1. The van der Waals surface area contributed by atoms with Gasteiger partial charge in [0, 0.05) is 24.0 Å². The summed E-state index contributed by atoms with van der Waals surface area (Å²) in [6.07, 6.45) is 2.02. The van der Waals surface area contributed by atoms with E-state index in [1.807, 2.05) is 11.4 Å². The Morgan fingerprint density at radius 1 is 1.68 bits per heavy atom. The largest absolute Gasteiger partial charge is 0.358 e. The minimum atomic E-state index is 0.00224. The Kier molecular flexibility index (Phi) is 4.97. The van der Waals surface area contributed by atoms with Crippen LogP contribution in [-0.4, -0.2) is 37.0 Å². The van der Waals surface area contributed by atoms with E-state index in [2.05, 4.69) is 22.1 Å². The summed E-state index contributed by atoms with van der Waals surface area (Å²) in [4.78, 5) is 15.3. The van der Waals surface area contributed by atoms with E-state index in [-0.39, 0.29) is 11.9 Å². The fourth-order valence-corrected chi connectivity index (χ4v) is 3.24. The topological polar surface area (TPSA) is 58.4 Å². The molecule has 1 unspecified atom stereocenters. The quantitative estimate of drug-likeness (QED) is 0.802. The second-order valence-corrected chi connectivity index (χ2v) is 5.51. The fourth-order valence-electron chi connectivity index (χ4n) is 2.38. The van der Waals surface area contributed by atoms with Crippen LogP contribution in [0.2, 0.25) is 0 Å². The molecule has 0 saturated carbocycles. The van der Waals surface area contributed by atoms with Crippen molar-refractivity contribution >= 4 is 17.2 Å². The minimum Gasteiger partial charge on any atom is -0.358 e. The lowest BCUT2D eigenvalue weighted by atomic mass is 10.2. The van der Waals surface area contributed by atoms with Crippen molar-refractivity contribution in [2.75, 3.05) is 20.1 Å². The number of hydrogen-bond donors (Lipinski definition) is 2. The summed E-state index contributed by atoms with van der Waals surface area (Å²) >= 11 is 1.69. The van der Waals surface area contributed by atoms with Crippen LogP contribution < -0.4 is 11.1 Å². The third-order valence-corrected chi connectivity index (χ3v) is 4.24. The first-order chi connectivity index (χ1) is 9.26. The SMILES string of the molecule is CNC(=O)C1CCCN1Cc1sccc1C#CCN. The molecule has 2 rings (SSSR count). The molecule has 1 amide bonds. The average Bonchev–Trinajstić information content (AvgIpc) is 3.05. The van der Waals surface area contributed by atoms with Gasteiger partial charge in [-0.05, 0) is 30.8 Å². The van der Waals surface area contributed by atoms with E-state index >= 15 is 0 Å². The molecule has 0 aliphatic carbocycles. The normalized spacial score (nSPS) is 18.9. The van der Waals surface area contributed by atoms with Gasteiger partial charge in [-0.1, -0.05) is 11.8 Å². The average molecular weight is 277 g/mol. The number of likely N-dealkylation sites (N-methyl/N-ethyl adjacent to an activating group) is 1. The molecule has 5 heteroatoms.